The van der Waals surface area contributed by atoms with Crippen LogP contribution in [0.25, 0.3) is 0 Å². The van der Waals surface area contributed by atoms with Crippen molar-refractivity contribution in [2.75, 3.05) is 10.6 Å². The molecule has 0 aliphatic rings. The molecule has 0 radical (unpaired) electrons. The number of rotatable bonds is 6. The number of anilines is 2. The first kappa shape index (κ1) is 16.2. The summed E-state index contributed by atoms with van der Waals surface area (Å²) in [5.74, 6) is 2.18. The minimum atomic E-state index is 0.597. The molecule has 0 bridgehead atoms. The van der Waals surface area contributed by atoms with E-state index in [0.29, 0.717) is 11.4 Å². The third kappa shape index (κ3) is 4.63. The largest absolute Gasteiger partial charge is 0.457 e. The van der Waals surface area contributed by atoms with Crippen molar-refractivity contribution in [2.24, 2.45) is 0 Å². The molecule has 0 aromatic heterocycles. The van der Waals surface area contributed by atoms with Crippen LogP contribution in [0.3, 0.4) is 0 Å². The smallest absolute Gasteiger partial charge is 0.127 e. The van der Waals surface area contributed by atoms with Crippen LogP contribution in [0.1, 0.15) is 5.56 Å². The number of nitriles is 1. The van der Waals surface area contributed by atoms with Gasteiger partial charge in [0.25, 0.3) is 0 Å². The molecule has 0 aliphatic carbocycles. The molecule has 4 nitrogen and oxygen atoms in total. The summed E-state index contributed by atoms with van der Waals surface area (Å²) in [6.45, 7) is 3.95. The van der Waals surface area contributed by atoms with Crippen molar-refractivity contribution in [3.05, 3.63) is 96.8 Å². The minimum absolute atomic E-state index is 0.597. The Balaban J connectivity index is 1.59. The highest BCUT2D eigenvalue weighted by molar-refractivity contribution is 5.58. The molecule has 3 rings (SSSR count). The van der Waals surface area contributed by atoms with E-state index in [2.05, 4.69) is 23.3 Å². The number of ether oxygens (including phenoxy) is 1. The standard InChI is InChI=1S/C21H17N3O/c1-16(24-19-7-5-6-17(14-19)15-22)23-18-10-12-21(13-11-18)25-20-8-3-2-4-9-20/h2-14,23-24H,1H2. The normalized spacial score (nSPS) is 9.72. The predicted octanol–water partition coefficient (Wildman–Crippen LogP) is 5.35. The number of hydrogen-bond donors (Lipinski definition) is 2. The van der Waals surface area contributed by atoms with E-state index in [1.54, 1.807) is 12.1 Å². The average molecular weight is 327 g/mol. The second-order valence-electron chi connectivity index (χ2n) is 5.36. The second kappa shape index (κ2) is 7.71. The maximum atomic E-state index is 8.94. The van der Waals surface area contributed by atoms with Gasteiger partial charge in [-0.05, 0) is 54.6 Å². The van der Waals surface area contributed by atoms with Gasteiger partial charge in [0, 0.05) is 11.4 Å². The van der Waals surface area contributed by atoms with Crippen molar-refractivity contribution < 1.29 is 4.74 Å². The average Bonchev–Trinajstić information content (AvgIpc) is 2.64. The van der Waals surface area contributed by atoms with Crippen LogP contribution in [0.2, 0.25) is 0 Å². The predicted molar refractivity (Wildman–Crippen MR) is 101 cm³/mol. The summed E-state index contributed by atoms with van der Waals surface area (Å²) in [7, 11) is 0. The Kier molecular flexibility index (Phi) is 4.98. The third-order valence-corrected chi connectivity index (χ3v) is 3.42. The first-order valence-electron chi connectivity index (χ1n) is 7.79. The summed E-state index contributed by atoms with van der Waals surface area (Å²) in [6.07, 6.45) is 0. The Morgan fingerprint density at radius 3 is 2.20 bits per heavy atom. The molecular formula is C21H17N3O. The highest BCUT2D eigenvalue weighted by Crippen LogP contribution is 2.23. The lowest BCUT2D eigenvalue weighted by molar-refractivity contribution is 0.483. The quantitative estimate of drug-likeness (QED) is 0.641. The first-order valence-corrected chi connectivity index (χ1v) is 7.79. The fourth-order valence-electron chi connectivity index (χ4n) is 2.28. The Bertz CT molecular complexity index is 896. The summed E-state index contributed by atoms with van der Waals surface area (Å²) in [4.78, 5) is 0. The van der Waals surface area contributed by atoms with Crippen molar-refractivity contribution in [3.63, 3.8) is 0 Å². The van der Waals surface area contributed by atoms with Gasteiger partial charge in [0.05, 0.1) is 11.6 Å². The van der Waals surface area contributed by atoms with E-state index in [9.17, 15) is 0 Å². The molecule has 0 fully saturated rings. The maximum absolute atomic E-state index is 8.94. The molecule has 2 N–H and O–H groups in total. The topological polar surface area (TPSA) is 57.1 Å². The van der Waals surface area contributed by atoms with Gasteiger partial charge in [0.1, 0.15) is 17.3 Å². The van der Waals surface area contributed by atoms with Crippen LogP contribution in [-0.4, -0.2) is 0 Å². The van der Waals surface area contributed by atoms with Gasteiger partial charge in [0.2, 0.25) is 0 Å². The summed E-state index contributed by atoms with van der Waals surface area (Å²) in [6, 6.07) is 26.6. The van der Waals surface area contributed by atoms with Crippen LogP contribution in [-0.2, 0) is 0 Å². The lowest BCUT2D eigenvalue weighted by Crippen LogP contribution is -2.08. The lowest BCUT2D eigenvalue weighted by atomic mass is 10.2. The zero-order valence-electron chi connectivity index (χ0n) is 13.6. The summed E-state index contributed by atoms with van der Waals surface area (Å²) >= 11 is 0. The Labute approximate surface area is 147 Å². The molecule has 122 valence electrons. The van der Waals surface area contributed by atoms with E-state index in [-0.39, 0.29) is 0 Å². The van der Waals surface area contributed by atoms with Gasteiger partial charge in [-0.2, -0.15) is 5.26 Å². The van der Waals surface area contributed by atoms with Gasteiger partial charge in [-0.15, -0.1) is 0 Å². The summed E-state index contributed by atoms with van der Waals surface area (Å²) in [5, 5.41) is 15.2. The first-order chi connectivity index (χ1) is 12.2. The molecule has 3 aromatic rings. The number of benzene rings is 3. The van der Waals surface area contributed by atoms with E-state index in [1.807, 2.05) is 66.7 Å². The van der Waals surface area contributed by atoms with Crippen molar-refractivity contribution in [2.45, 2.75) is 0 Å². The highest BCUT2D eigenvalue weighted by atomic mass is 16.5. The molecule has 0 aliphatic heterocycles. The fourth-order valence-corrected chi connectivity index (χ4v) is 2.28. The number of nitrogens with one attached hydrogen (secondary N) is 2. The van der Waals surface area contributed by atoms with E-state index in [1.165, 1.54) is 0 Å². The highest BCUT2D eigenvalue weighted by Gasteiger charge is 2.00. The zero-order chi connectivity index (χ0) is 17.5. The summed E-state index contributed by atoms with van der Waals surface area (Å²) < 4.78 is 5.76. The van der Waals surface area contributed by atoms with Crippen LogP contribution >= 0.6 is 0 Å². The summed E-state index contributed by atoms with van der Waals surface area (Å²) in [5.41, 5.74) is 2.29. The number of para-hydroxylation sites is 1. The van der Waals surface area contributed by atoms with Gasteiger partial charge >= 0.3 is 0 Å². The minimum Gasteiger partial charge on any atom is -0.457 e. The van der Waals surface area contributed by atoms with Gasteiger partial charge in [-0.3, -0.25) is 0 Å². The molecule has 0 unspecified atom stereocenters. The van der Waals surface area contributed by atoms with Gasteiger partial charge in [-0.1, -0.05) is 30.8 Å². The van der Waals surface area contributed by atoms with Crippen molar-refractivity contribution in [1.29, 1.82) is 5.26 Å². The fraction of sp³-hybridized carbons (Fsp3) is 0. The van der Waals surface area contributed by atoms with Crippen LogP contribution in [0.5, 0.6) is 11.5 Å². The van der Waals surface area contributed by atoms with E-state index in [0.717, 1.165) is 22.9 Å². The zero-order valence-corrected chi connectivity index (χ0v) is 13.6. The molecule has 0 saturated carbocycles. The van der Waals surface area contributed by atoms with Crippen LogP contribution < -0.4 is 15.4 Å². The lowest BCUT2D eigenvalue weighted by Gasteiger charge is -2.13. The molecule has 0 heterocycles. The van der Waals surface area contributed by atoms with Crippen molar-refractivity contribution in [1.82, 2.24) is 0 Å². The molecule has 0 spiro atoms. The molecular weight excluding hydrogens is 310 g/mol. The van der Waals surface area contributed by atoms with E-state index < -0.39 is 0 Å². The molecule has 25 heavy (non-hydrogen) atoms. The maximum Gasteiger partial charge on any atom is 0.127 e. The monoisotopic (exact) mass is 327 g/mol. The Morgan fingerprint density at radius 2 is 1.48 bits per heavy atom. The number of hydrogen-bond acceptors (Lipinski definition) is 4. The van der Waals surface area contributed by atoms with Gasteiger partial charge in [-0.25, -0.2) is 0 Å². The molecule has 3 aromatic carbocycles. The van der Waals surface area contributed by atoms with Crippen LogP contribution in [0, 0.1) is 11.3 Å². The van der Waals surface area contributed by atoms with Crippen LogP contribution in [0.4, 0.5) is 11.4 Å². The molecule has 0 saturated heterocycles. The molecule has 0 atom stereocenters. The van der Waals surface area contributed by atoms with E-state index in [4.69, 9.17) is 10.00 Å². The van der Waals surface area contributed by atoms with Gasteiger partial charge in [0.15, 0.2) is 0 Å². The number of nitrogens with zero attached hydrogens (tertiary/aromatic N) is 1. The Morgan fingerprint density at radius 1 is 0.800 bits per heavy atom. The van der Waals surface area contributed by atoms with Crippen LogP contribution in [0.15, 0.2) is 91.3 Å². The molecule has 0 amide bonds. The van der Waals surface area contributed by atoms with Crippen molar-refractivity contribution in [3.8, 4) is 17.6 Å². The SMILES string of the molecule is C=C(Nc1ccc(Oc2ccccc2)cc1)Nc1cccc(C#N)c1. The Hall–Kier alpha value is -3.71. The second-order valence-corrected chi connectivity index (χ2v) is 5.36. The van der Waals surface area contributed by atoms with Gasteiger partial charge < -0.3 is 15.4 Å². The molecule has 4 heteroatoms. The van der Waals surface area contributed by atoms with E-state index >= 15 is 0 Å². The van der Waals surface area contributed by atoms with Crippen molar-refractivity contribution >= 4 is 11.4 Å². The third-order valence-electron chi connectivity index (χ3n) is 3.42.